The number of rotatable bonds is 3. The lowest BCUT2D eigenvalue weighted by Gasteiger charge is -2.05. The minimum absolute atomic E-state index is 0.241. The van der Waals surface area contributed by atoms with Crippen LogP contribution in [0, 0.1) is 5.41 Å². The van der Waals surface area contributed by atoms with E-state index in [2.05, 4.69) is 11.6 Å². The molecule has 0 aromatic heterocycles. The van der Waals surface area contributed by atoms with E-state index in [1.807, 2.05) is 6.92 Å². The number of ether oxygens (including phenoxy) is 2. The van der Waals surface area contributed by atoms with Gasteiger partial charge >= 0.3 is 0 Å². The molecule has 0 amide bonds. The Morgan fingerprint density at radius 2 is 2.00 bits per heavy atom. The molecule has 4 heteroatoms. The first-order valence-electron chi connectivity index (χ1n) is 3.59. The molecule has 0 rings (SSSR count). The normalized spacial score (nSPS) is 10.8. The molecule has 0 fully saturated rings. The lowest BCUT2D eigenvalue weighted by atomic mass is 10.4. The van der Waals surface area contributed by atoms with Crippen molar-refractivity contribution in [2.24, 2.45) is 4.99 Å². The van der Waals surface area contributed by atoms with E-state index in [1.54, 1.807) is 0 Å². The van der Waals surface area contributed by atoms with Crippen molar-refractivity contribution in [2.45, 2.75) is 13.3 Å². The van der Waals surface area contributed by atoms with Crippen molar-refractivity contribution in [3.8, 4) is 0 Å². The van der Waals surface area contributed by atoms with Crippen LogP contribution in [0.4, 0.5) is 0 Å². The first-order valence-corrected chi connectivity index (χ1v) is 3.59. The number of amidine groups is 1. The van der Waals surface area contributed by atoms with Gasteiger partial charge in [0.25, 0.3) is 5.90 Å². The van der Waals surface area contributed by atoms with Crippen LogP contribution in [0.1, 0.15) is 13.3 Å². The van der Waals surface area contributed by atoms with Crippen LogP contribution in [0.3, 0.4) is 0 Å². The quantitative estimate of drug-likeness (QED) is 0.397. The maximum absolute atomic E-state index is 7.28. The third-order valence-corrected chi connectivity index (χ3v) is 1.25. The summed E-state index contributed by atoms with van der Waals surface area (Å²) in [5.74, 6) is 0.824. The van der Waals surface area contributed by atoms with Crippen LogP contribution in [0.15, 0.2) is 17.3 Å². The molecule has 0 aliphatic heterocycles. The number of hydrogen-bond donors (Lipinski definition) is 1. The fourth-order valence-electron chi connectivity index (χ4n) is 0.511. The second kappa shape index (κ2) is 5.35. The fraction of sp³-hybridized carbons (Fsp3) is 0.500. The average molecular weight is 170 g/mol. The lowest BCUT2D eigenvalue weighted by molar-refractivity contribution is 0.287. The predicted molar refractivity (Wildman–Crippen MR) is 48.6 cm³/mol. The van der Waals surface area contributed by atoms with Crippen molar-refractivity contribution >= 4 is 11.7 Å². The fourth-order valence-corrected chi connectivity index (χ4v) is 0.511. The molecule has 0 radical (unpaired) electrons. The summed E-state index contributed by atoms with van der Waals surface area (Å²) in [6.07, 6.45) is 0.559. The van der Waals surface area contributed by atoms with Crippen LogP contribution in [0.25, 0.3) is 0 Å². The van der Waals surface area contributed by atoms with Crippen LogP contribution < -0.4 is 0 Å². The average Bonchev–Trinajstić information content (AvgIpc) is 2.12. The van der Waals surface area contributed by atoms with Crippen LogP contribution >= 0.6 is 0 Å². The van der Waals surface area contributed by atoms with Crippen molar-refractivity contribution in [3.63, 3.8) is 0 Å². The highest BCUT2D eigenvalue weighted by molar-refractivity contribution is 6.00. The predicted octanol–water partition coefficient (Wildman–Crippen LogP) is 1.58. The lowest BCUT2D eigenvalue weighted by Crippen LogP contribution is -2.08. The molecular weight excluding hydrogens is 156 g/mol. The van der Waals surface area contributed by atoms with Crippen LogP contribution in [-0.2, 0) is 9.47 Å². The summed E-state index contributed by atoms with van der Waals surface area (Å²) in [6, 6.07) is 0. The van der Waals surface area contributed by atoms with E-state index >= 15 is 0 Å². The SMILES string of the molecule is C=C(OC)C(=NC(=N)CC)OC. The summed E-state index contributed by atoms with van der Waals surface area (Å²) in [5, 5.41) is 7.28. The molecule has 0 aliphatic rings. The molecule has 0 aliphatic carbocycles. The molecule has 68 valence electrons. The van der Waals surface area contributed by atoms with Crippen molar-refractivity contribution in [1.82, 2.24) is 0 Å². The standard InChI is InChI=1S/C8H14N2O2/c1-5-7(9)10-8(12-4)6(2)11-3/h9H,2,5H2,1,3-4H3. The van der Waals surface area contributed by atoms with Gasteiger partial charge in [0.2, 0.25) is 0 Å². The smallest absolute Gasteiger partial charge is 0.257 e. The molecule has 0 aromatic carbocycles. The van der Waals surface area contributed by atoms with Crippen LogP contribution in [-0.4, -0.2) is 26.0 Å². The minimum atomic E-state index is 0.241. The van der Waals surface area contributed by atoms with E-state index in [1.165, 1.54) is 14.2 Å². The van der Waals surface area contributed by atoms with Gasteiger partial charge in [0.15, 0.2) is 5.76 Å². The van der Waals surface area contributed by atoms with Crippen molar-refractivity contribution in [2.75, 3.05) is 14.2 Å². The van der Waals surface area contributed by atoms with E-state index in [4.69, 9.17) is 14.9 Å². The third-order valence-electron chi connectivity index (χ3n) is 1.25. The van der Waals surface area contributed by atoms with Crippen LogP contribution in [0.5, 0.6) is 0 Å². The Kier molecular flexibility index (Phi) is 4.76. The van der Waals surface area contributed by atoms with Gasteiger partial charge in [-0.15, -0.1) is 0 Å². The molecule has 0 atom stereocenters. The zero-order valence-corrected chi connectivity index (χ0v) is 7.68. The van der Waals surface area contributed by atoms with Crippen molar-refractivity contribution in [1.29, 1.82) is 5.41 Å². The summed E-state index contributed by atoms with van der Waals surface area (Å²) in [4.78, 5) is 3.84. The molecule has 0 aromatic rings. The summed E-state index contributed by atoms with van der Waals surface area (Å²) < 4.78 is 9.66. The second-order valence-electron chi connectivity index (χ2n) is 2.05. The van der Waals surface area contributed by atoms with Gasteiger partial charge in [-0.3, -0.25) is 5.41 Å². The number of methoxy groups -OCH3 is 2. The maximum Gasteiger partial charge on any atom is 0.257 e. The first-order chi connectivity index (χ1) is 5.65. The highest BCUT2D eigenvalue weighted by Gasteiger charge is 2.04. The Morgan fingerprint density at radius 1 is 1.42 bits per heavy atom. The molecular formula is C8H14N2O2. The number of nitrogens with zero attached hydrogens (tertiary/aromatic N) is 1. The number of hydrogen-bond acceptors (Lipinski definition) is 3. The Bertz CT molecular complexity index is 209. The van der Waals surface area contributed by atoms with Crippen molar-refractivity contribution in [3.05, 3.63) is 12.3 Å². The summed E-state index contributed by atoms with van der Waals surface area (Å²) in [7, 11) is 2.94. The van der Waals surface area contributed by atoms with E-state index in [9.17, 15) is 0 Å². The van der Waals surface area contributed by atoms with Gasteiger partial charge in [0, 0.05) is 6.42 Å². The molecule has 4 nitrogen and oxygen atoms in total. The Morgan fingerprint density at radius 3 is 2.33 bits per heavy atom. The van der Waals surface area contributed by atoms with E-state index in [0.717, 1.165) is 0 Å². The second-order valence-corrected chi connectivity index (χ2v) is 2.05. The zero-order valence-electron chi connectivity index (χ0n) is 7.68. The van der Waals surface area contributed by atoms with Crippen LogP contribution in [0.2, 0.25) is 0 Å². The minimum Gasteiger partial charge on any atom is -0.492 e. The summed E-state index contributed by atoms with van der Waals surface area (Å²) >= 11 is 0. The van der Waals surface area contributed by atoms with Gasteiger partial charge < -0.3 is 9.47 Å². The molecule has 0 heterocycles. The summed E-state index contributed by atoms with van der Waals surface area (Å²) in [5.41, 5.74) is 0. The monoisotopic (exact) mass is 170 g/mol. The third kappa shape index (κ3) is 3.18. The first kappa shape index (κ1) is 10.7. The van der Waals surface area contributed by atoms with E-state index in [0.29, 0.717) is 12.2 Å². The van der Waals surface area contributed by atoms with Gasteiger partial charge in [-0.1, -0.05) is 13.5 Å². The molecule has 1 N–H and O–H groups in total. The Hall–Kier alpha value is -1.32. The topological polar surface area (TPSA) is 54.7 Å². The maximum atomic E-state index is 7.28. The van der Waals surface area contributed by atoms with Gasteiger partial charge in [-0.2, -0.15) is 4.99 Å². The molecule has 0 saturated heterocycles. The molecule has 12 heavy (non-hydrogen) atoms. The van der Waals surface area contributed by atoms with Gasteiger partial charge in [-0.25, -0.2) is 0 Å². The molecule has 0 saturated carbocycles. The van der Waals surface area contributed by atoms with Gasteiger partial charge in [0.1, 0.15) is 5.84 Å². The van der Waals surface area contributed by atoms with E-state index in [-0.39, 0.29) is 11.7 Å². The highest BCUT2D eigenvalue weighted by atomic mass is 16.5. The molecule has 0 unspecified atom stereocenters. The molecule has 0 bridgehead atoms. The van der Waals surface area contributed by atoms with E-state index < -0.39 is 0 Å². The highest BCUT2D eigenvalue weighted by Crippen LogP contribution is 1.98. The summed E-state index contributed by atoms with van der Waals surface area (Å²) in [6.45, 7) is 5.40. The Labute approximate surface area is 72.4 Å². The van der Waals surface area contributed by atoms with Crippen molar-refractivity contribution < 1.29 is 9.47 Å². The largest absolute Gasteiger partial charge is 0.492 e. The molecule has 0 spiro atoms. The number of nitrogens with one attached hydrogen (secondary N) is 1. The van der Waals surface area contributed by atoms with Gasteiger partial charge in [-0.05, 0) is 0 Å². The Balaban J connectivity index is 4.43. The number of aliphatic imine (C=N–C) groups is 1. The zero-order chi connectivity index (χ0) is 9.56. The van der Waals surface area contributed by atoms with Gasteiger partial charge in [0.05, 0.1) is 14.2 Å².